The van der Waals surface area contributed by atoms with E-state index in [2.05, 4.69) is 5.32 Å². The highest BCUT2D eigenvalue weighted by Gasteiger charge is 2.27. The van der Waals surface area contributed by atoms with Gasteiger partial charge in [-0.15, -0.1) is 0 Å². The molecule has 0 aromatic heterocycles. The third-order valence-corrected chi connectivity index (χ3v) is 4.50. The molecule has 2 aliphatic heterocycles. The van der Waals surface area contributed by atoms with Crippen LogP contribution in [0.5, 0.6) is 11.5 Å². The zero-order valence-corrected chi connectivity index (χ0v) is 14.7. The van der Waals surface area contributed by atoms with Crippen molar-refractivity contribution in [2.45, 2.75) is 6.10 Å². The van der Waals surface area contributed by atoms with Crippen molar-refractivity contribution in [2.75, 3.05) is 38.2 Å². The minimum atomic E-state index is -0.727. The topological polar surface area (TPSA) is 77.1 Å². The molecule has 2 aromatic carbocycles. The molecule has 2 heterocycles. The number of nitrogens with zero attached hydrogens (tertiary/aromatic N) is 1. The Kier molecular flexibility index (Phi) is 4.93. The highest BCUT2D eigenvalue weighted by Crippen LogP contribution is 2.31. The van der Waals surface area contributed by atoms with E-state index in [1.807, 2.05) is 12.1 Å². The molecule has 0 radical (unpaired) electrons. The monoisotopic (exact) mass is 368 g/mol. The number of morpholine rings is 1. The summed E-state index contributed by atoms with van der Waals surface area (Å²) in [5.74, 6) is 0.858. The van der Waals surface area contributed by atoms with Gasteiger partial charge >= 0.3 is 0 Å². The summed E-state index contributed by atoms with van der Waals surface area (Å²) in [6, 6.07) is 14.1. The van der Waals surface area contributed by atoms with Crippen LogP contribution in [0.3, 0.4) is 0 Å². The third-order valence-electron chi connectivity index (χ3n) is 4.50. The Morgan fingerprint density at radius 1 is 0.963 bits per heavy atom. The van der Waals surface area contributed by atoms with Gasteiger partial charge in [0.2, 0.25) is 6.10 Å². The van der Waals surface area contributed by atoms with Crippen LogP contribution >= 0.6 is 0 Å². The summed E-state index contributed by atoms with van der Waals surface area (Å²) in [4.78, 5) is 26.6. The number of amides is 2. The van der Waals surface area contributed by atoms with E-state index in [1.54, 1.807) is 41.3 Å². The van der Waals surface area contributed by atoms with Crippen LogP contribution in [-0.4, -0.2) is 55.7 Å². The second kappa shape index (κ2) is 7.67. The average Bonchev–Trinajstić information content (AvgIpc) is 2.74. The van der Waals surface area contributed by atoms with Crippen LogP contribution < -0.4 is 14.8 Å². The van der Waals surface area contributed by atoms with Gasteiger partial charge in [-0.1, -0.05) is 12.1 Å². The number of fused-ring (bicyclic) bond motifs is 1. The molecule has 1 atom stereocenters. The number of hydrogen-bond donors (Lipinski definition) is 1. The van der Waals surface area contributed by atoms with Crippen molar-refractivity contribution >= 4 is 17.5 Å². The van der Waals surface area contributed by atoms with Crippen molar-refractivity contribution in [1.82, 2.24) is 4.90 Å². The highest BCUT2D eigenvalue weighted by atomic mass is 16.6. The van der Waals surface area contributed by atoms with Gasteiger partial charge in [-0.05, 0) is 36.4 Å². The molecule has 2 aliphatic rings. The average molecular weight is 368 g/mol. The molecular formula is C20H20N2O5. The predicted octanol–water partition coefficient (Wildman–Crippen LogP) is 1.94. The molecule has 7 nitrogen and oxygen atoms in total. The number of carbonyl (C=O) groups is 2. The van der Waals surface area contributed by atoms with Crippen molar-refractivity contribution in [3.05, 3.63) is 54.1 Å². The standard InChI is InChI=1S/C20H20N2O5/c23-19(18-13-26-16-3-1-2-4-17(16)27-18)21-15-7-5-14(6-8-15)20(24)22-9-11-25-12-10-22/h1-8,18H,9-13H2,(H,21,23)/t18-/m0/s1. The first-order chi connectivity index (χ1) is 13.2. The normalized spacial score (nSPS) is 18.7. The van der Waals surface area contributed by atoms with Gasteiger partial charge in [0.1, 0.15) is 6.61 Å². The molecule has 0 spiro atoms. The number of nitrogens with one attached hydrogen (secondary N) is 1. The van der Waals surface area contributed by atoms with E-state index in [9.17, 15) is 9.59 Å². The lowest BCUT2D eigenvalue weighted by Crippen LogP contribution is -2.40. The van der Waals surface area contributed by atoms with Crippen LogP contribution in [0.25, 0.3) is 0 Å². The maximum Gasteiger partial charge on any atom is 0.269 e. The van der Waals surface area contributed by atoms with Crippen LogP contribution in [0.4, 0.5) is 5.69 Å². The molecule has 0 unspecified atom stereocenters. The minimum absolute atomic E-state index is 0.0307. The maximum absolute atomic E-state index is 12.4. The maximum atomic E-state index is 12.4. The summed E-state index contributed by atoms with van der Waals surface area (Å²) in [6.45, 7) is 2.46. The summed E-state index contributed by atoms with van der Waals surface area (Å²) in [6.07, 6.45) is -0.727. The summed E-state index contributed by atoms with van der Waals surface area (Å²) in [5.41, 5.74) is 1.18. The number of rotatable bonds is 3. The Labute approximate surface area is 156 Å². The lowest BCUT2D eigenvalue weighted by molar-refractivity contribution is -0.125. The molecule has 2 amide bonds. The zero-order chi connectivity index (χ0) is 18.6. The number of carbonyl (C=O) groups excluding carboxylic acids is 2. The lowest BCUT2D eigenvalue weighted by Gasteiger charge is -2.27. The molecule has 2 aromatic rings. The van der Waals surface area contributed by atoms with Crippen LogP contribution in [-0.2, 0) is 9.53 Å². The molecule has 27 heavy (non-hydrogen) atoms. The van der Waals surface area contributed by atoms with Gasteiger partial charge in [0.15, 0.2) is 11.5 Å². The first kappa shape index (κ1) is 17.4. The lowest BCUT2D eigenvalue weighted by atomic mass is 10.1. The minimum Gasteiger partial charge on any atom is -0.485 e. The van der Waals surface area contributed by atoms with E-state index in [-0.39, 0.29) is 18.4 Å². The number of ether oxygens (including phenoxy) is 3. The van der Waals surface area contributed by atoms with Crippen molar-refractivity contribution in [3.8, 4) is 11.5 Å². The van der Waals surface area contributed by atoms with E-state index < -0.39 is 6.10 Å². The van der Waals surface area contributed by atoms with Gasteiger partial charge in [-0.2, -0.15) is 0 Å². The summed E-state index contributed by atoms with van der Waals surface area (Å²) in [5, 5.41) is 2.80. The molecule has 7 heteroatoms. The first-order valence-electron chi connectivity index (χ1n) is 8.87. The Hall–Kier alpha value is -3.06. The van der Waals surface area contributed by atoms with E-state index in [0.717, 1.165) is 0 Å². The number of para-hydroxylation sites is 2. The molecule has 1 fully saturated rings. The van der Waals surface area contributed by atoms with Gasteiger partial charge in [0.05, 0.1) is 13.2 Å². The molecule has 1 N–H and O–H groups in total. The number of benzene rings is 2. The van der Waals surface area contributed by atoms with Gasteiger partial charge in [0, 0.05) is 24.3 Å². The Morgan fingerprint density at radius 3 is 2.41 bits per heavy atom. The first-order valence-corrected chi connectivity index (χ1v) is 8.87. The Balaban J connectivity index is 1.37. The third kappa shape index (κ3) is 3.88. The fraction of sp³-hybridized carbons (Fsp3) is 0.300. The van der Waals surface area contributed by atoms with Crippen molar-refractivity contribution < 1.29 is 23.8 Å². The van der Waals surface area contributed by atoms with Crippen molar-refractivity contribution in [2.24, 2.45) is 0 Å². The fourth-order valence-electron chi connectivity index (χ4n) is 3.02. The second-order valence-corrected chi connectivity index (χ2v) is 6.34. The molecule has 140 valence electrons. The second-order valence-electron chi connectivity index (χ2n) is 6.34. The largest absolute Gasteiger partial charge is 0.485 e. The number of hydrogen-bond acceptors (Lipinski definition) is 5. The van der Waals surface area contributed by atoms with Crippen LogP contribution in [0.15, 0.2) is 48.5 Å². The van der Waals surface area contributed by atoms with Gasteiger partial charge in [-0.25, -0.2) is 0 Å². The van der Waals surface area contributed by atoms with Gasteiger partial charge in [-0.3, -0.25) is 9.59 Å². The van der Waals surface area contributed by atoms with E-state index >= 15 is 0 Å². The van der Waals surface area contributed by atoms with E-state index in [0.29, 0.717) is 49.1 Å². The van der Waals surface area contributed by atoms with Crippen LogP contribution in [0.1, 0.15) is 10.4 Å². The van der Waals surface area contributed by atoms with Crippen molar-refractivity contribution in [3.63, 3.8) is 0 Å². The summed E-state index contributed by atoms with van der Waals surface area (Å²) in [7, 11) is 0. The molecule has 0 saturated carbocycles. The SMILES string of the molecule is O=C(Nc1ccc(C(=O)N2CCOCC2)cc1)[C@@H]1COc2ccccc2O1. The van der Waals surface area contributed by atoms with Gasteiger partial charge < -0.3 is 24.4 Å². The molecule has 1 saturated heterocycles. The van der Waals surface area contributed by atoms with E-state index in [1.165, 1.54) is 0 Å². The van der Waals surface area contributed by atoms with Gasteiger partial charge in [0.25, 0.3) is 11.8 Å². The number of anilines is 1. The fourth-order valence-corrected chi connectivity index (χ4v) is 3.02. The summed E-state index contributed by atoms with van der Waals surface area (Å²) < 4.78 is 16.5. The molecule has 0 bridgehead atoms. The quantitative estimate of drug-likeness (QED) is 0.896. The summed E-state index contributed by atoms with van der Waals surface area (Å²) >= 11 is 0. The van der Waals surface area contributed by atoms with Crippen LogP contribution in [0.2, 0.25) is 0 Å². The van der Waals surface area contributed by atoms with Crippen LogP contribution in [0, 0.1) is 0 Å². The van der Waals surface area contributed by atoms with Crippen molar-refractivity contribution in [1.29, 1.82) is 0 Å². The smallest absolute Gasteiger partial charge is 0.269 e. The Bertz CT molecular complexity index is 831. The Morgan fingerprint density at radius 2 is 1.67 bits per heavy atom. The van der Waals surface area contributed by atoms with E-state index in [4.69, 9.17) is 14.2 Å². The molecule has 0 aliphatic carbocycles. The molecular weight excluding hydrogens is 348 g/mol. The predicted molar refractivity (Wildman–Crippen MR) is 98.1 cm³/mol. The highest BCUT2D eigenvalue weighted by molar-refractivity contribution is 5.97. The zero-order valence-electron chi connectivity index (χ0n) is 14.7. The molecule has 4 rings (SSSR count).